The molecule has 0 radical (unpaired) electrons. The molecule has 0 aromatic carbocycles. The molecule has 0 unspecified atom stereocenters. The maximum Gasteiger partial charge on any atom is 0.226 e. The highest BCUT2D eigenvalue weighted by Gasteiger charge is 2.12. The molecule has 0 bridgehead atoms. The number of nitrogens with one attached hydrogen (secondary N) is 2. The van der Waals surface area contributed by atoms with Crippen molar-refractivity contribution in [2.24, 2.45) is 0 Å². The molecule has 0 saturated carbocycles. The van der Waals surface area contributed by atoms with Crippen molar-refractivity contribution in [3.8, 4) is 5.88 Å². The number of piperidine rings is 1. The van der Waals surface area contributed by atoms with Gasteiger partial charge < -0.3 is 20.1 Å². The van der Waals surface area contributed by atoms with Crippen LogP contribution >= 0.6 is 0 Å². The van der Waals surface area contributed by atoms with Gasteiger partial charge in [-0.3, -0.25) is 0 Å². The summed E-state index contributed by atoms with van der Waals surface area (Å²) in [6.45, 7) is 3.48. The SMILES string of the molecule is COc1ccnc(NCCOC2CCNCC2)n1. The third-order valence-electron chi connectivity index (χ3n) is 2.86. The molecule has 0 spiro atoms. The fraction of sp³-hybridized carbons (Fsp3) is 0.667. The Morgan fingerprint density at radius 1 is 1.44 bits per heavy atom. The molecule has 100 valence electrons. The average Bonchev–Trinajstić information content (AvgIpc) is 2.45. The van der Waals surface area contributed by atoms with E-state index in [1.807, 2.05) is 0 Å². The summed E-state index contributed by atoms with van der Waals surface area (Å²) in [5.41, 5.74) is 0. The highest BCUT2D eigenvalue weighted by molar-refractivity contribution is 5.27. The summed E-state index contributed by atoms with van der Waals surface area (Å²) in [6, 6.07) is 1.72. The summed E-state index contributed by atoms with van der Waals surface area (Å²) < 4.78 is 10.8. The molecule has 1 aromatic rings. The molecule has 2 N–H and O–H groups in total. The minimum atomic E-state index is 0.388. The summed E-state index contributed by atoms with van der Waals surface area (Å²) >= 11 is 0. The van der Waals surface area contributed by atoms with Crippen LogP contribution in [0.15, 0.2) is 12.3 Å². The summed E-state index contributed by atoms with van der Waals surface area (Å²) in [5, 5.41) is 6.43. The Bertz CT molecular complexity index is 356. The number of hydrogen-bond donors (Lipinski definition) is 2. The minimum Gasteiger partial charge on any atom is -0.481 e. The first-order chi connectivity index (χ1) is 8.88. The van der Waals surface area contributed by atoms with Crippen LogP contribution in [0.5, 0.6) is 5.88 Å². The van der Waals surface area contributed by atoms with E-state index in [-0.39, 0.29) is 0 Å². The zero-order valence-corrected chi connectivity index (χ0v) is 10.7. The average molecular weight is 252 g/mol. The molecular weight excluding hydrogens is 232 g/mol. The number of ether oxygens (including phenoxy) is 2. The maximum atomic E-state index is 5.77. The maximum absolute atomic E-state index is 5.77. The Kier molecular flexibility index (Phi) is 5.16. The zero-order chi connectivity index (χ0) is 12.6. The number of rotatable bonds is 6. The predicted octanol–water partition coefficient (Wildman–Crippen LogP) is 0.666. The van der Waals surface area contributed by atoms with Crippen molar-refractivity contribution in [1.29, 1.82) is 0 Å². The molecule has 6 nitrogen and oxygen atoms in total. The van der Waals surface area contributed by atoms with Crippen LogP contribution in [0, 0.1) is 0 Å². The first kappa shape index (κ1) is 13.0. The van der Waals surface area contributed by atoms with Crippen molar-refractivity contribution >= 4 is 5.95 Å². The molecule has 1 saturated heterocycles. The van der Waals surface area contributed by atoms with Gasteiger partial charge in [-0.05, 0) is 25.9 Å². The first-order valence-electron chi connectivity index (χ1n) is 6.31. The number of anilines is 1. The number of nitrogens with zero attached hydrogens (tertiary/aromatic N) is 2. The molecule has 1 aliphatic heterocycles. The van der Waals surface area contributed by atoms with Gasteiger partial charge in [0, 0.05) is 18.8 Å². The molecule has 0 aliphatic carbocycles. The first-order valence-corrected chi connectivity index (χ1v) is 6.31. The number of hydrogen-bond acceptors (Lipinski definition) is 6. The van der Waals surface area contributed by atoms with Gasteiger partial charge in [0.15, 0.2) is 0 Å². The zero-order valence-electron chi connectivity index (χ0n) is 10.7. The van der Waals surface area contributed by atoms with Gasteiger partial charge in [0.2, 0.25) is 11.8 Å². The molecule has 0 amide bonds. The van der Waals surface area contributed by atoms with Gasteiger partial charge in [-0.1, -0.05) is 0 Å². The number of aromatic nitrogens is 2. The van der Waals surface area contributed by atoms with Gasteiger partial charge in [0.05, 0.1) is 19.8 Å². The Morgan fingerprint density at radius 3 is 3.06 bits per heavy atom. The quantitative estimate of drug-likeness (QED) is 0.725. The highest BCUT2D eigenvalue weighted by Crippen LogP contribution is 2.08. The van der Waals surface area contributed by atoms with Crippen LogP contribution in [0.4, 0.5) is 5.95 Å². The van der Waals surface area contributed by atoms with Crippen molar-refractivity contribution in [2.75, 3.05) is 38.7 Å². The lowest BCUT2D eigenvalue weighted by Crippen LogP contribution is -2.33. The van der Waals surface area contributed by atoms with E-state index < -0.39 is 0 Å². The third kappa shape index (κ3) is 4.12. The van der Waals surface area contributed by atoms with E-state index in [4.69, 9.17) is 9.47 Å². The van der Waals surface area contributed by atoms with E-state index in [2.05, 4.69) is 20.6 Å². The van der Waals surface area contributed by atoms with E-state index >= 15 is 0 Å². The van der Waals surface area contributed by atoms with Gasteiger partial charge in [-0.25, -0.2) is 4.98 Å². The smallest absolute Gasteiger partial charge is 0.226 e. The van der Waals surface area contributed by atoms with Gasteiger partial charge >= 0.3 is 0 Å². The van der Waals surface area contributed by atoms with Gasteiger partial charge in [-0.15, -0.1) is 0 Å². The van der Waals surface area contributed by atoms with Crippen LogP contribution in [0.25, 0.3) is 0 Å². The monoisotopic (exact) mass is 252 g/mol. The van der Waals surface area contributed by atoms with E-state index in [1.165, 1.54) is 0 Å². The lowest BCUT2D eigenvalue weighted by atomic mass is 10.1. The second-order valence-electron chi connectivity index (χ2n) is 4.17. The lowest BCUT2D eigenvalue weighted by molar-refractivity contribution is 0.0393. The molecule has 2 heterocycles. The molecule has 1 aromatic heterocycles. The summed E-state index contributed by atoms with van der Waals surface area (Å²) in [6.07, 6.45) is 4.24. The summed E-state index contributed by atoms with van der Waals surface area (Å²) in [4.78, 5) is 8.27. The van der Waals surface area contributed by atoms with Crippen molar-refractivity contribution in [3.63, 3.8) is 0 Å². The van der Waals surface area contributed by atoms with E-state index in [9.17, 15) is 0 Å². The Morgan fingerprint density at radius 2 is 2.28 bits per heavy atom. The molecule has 0 atom stereocenters. The molecule has 18 heavy (non-hydrogen) atoms. The lowest BCUT2D eigenvalue weighted by Gasteiger charge is -2.22. The van der Waals surface area contributed by atoms with Crippen LogP contribution in [0.3, 0.4) is 0 Å². The molecular formula is C12H20N4O2. The van der Waals surface area contributed by atoms with Crippen LogP contribution < -0.4 is 15.4 Å². The normalized spacial score (nSPS) is 16.5. The van der Waals surface area contributed by atoms with Gasteiger partial charge in [0.1, 0.15) is 0 Å². The largest absolute Gasteiger partial charge is 0.481 e. The van der Waals surface area contributed by atoms with Crippen LogP contribution in [0.2, 0.25) is 0 Å². The second kappa shape index (κ2) is 7.13. The Balaban J connectivity index is 1.65. The van der Waals surface area contributed by atoms with E-state index in [0.717, 1.165) is 25.9 Å². The highest BCUT2D eigenvalue weighted by atomic mass is 16.5. The molecule has 2 rings (SSSR count). The van der Waals surface area contributed by atoms with Crippen molar-refractivity contribution in [3.05, 3.63) is 12.3 Å². The molecule has 1 fully saturated rings. The van der Waals surface area contributed by atoms with E-state index in [0.29, 0.717) is 31.1 Å². The second-order valence-corrected chi connectivity index (χ2v) is 4.17. The van der Waals surface area contributed by atoms with Crippen LogP contribution in [0.1, 0.15) is 12.8 Å². The standard InChI is InChI=1S/C12H20N4O2/c1-17-11-4-7-14-12(16-11)15-8-9-18-10-2-5-13-6-3-10/h4,7,10,13H,2-3,5-6,8-9H2,1H3,(H,14,15,16). The van der Waals surface area contributed by atoms with Crippen LogP contribution in [-0.4, -0.2) is 49.4 Å². The summed E-state index contributed by atoms with van der Waals surface area (Å²) in [7, 11) is 1.59. The topological polar surface area (TPSA) is 68.3 Å². The van der Waals surface area contributed by atoms with Crippen LogP contribution in [-0.2, 0) is 4.74 Å². The Hall–Kier alpha value is -1.40. The van der Waals surface area contributed by atoms with Crippen molar-refractivity contribution in [2.45, 2.75) is 18.9 Å². The Labute approximate surface area is 107 Å². The fourth-order valence-corrected chi connectivity index (χ4v) is 1.89. The number of methoxy groups -OCH3 is 1. The minimum absolute atomic E-state index is 0.388. The fourth-order valence-electron chi connectivity index (χ4n) is 1.89. The van der Waals surface area contributed by atoms with Gasteiger partial charge in [0.25, 0.3) is 0 Å². The van der Waals surface area contributed by atoms with Gasteiger partial charge in [-0.2, -0.15) is 4.98 Å². The van der Waals surface area contributed by atoms with Crippen molar-refractivity contribution in [1.82, 2.24) is 15.3 Å². The summed E-state index contributed by atoms with van der Waals surface area (Å²) in [5.74, 6) is 1.13. The molecule has 6 heteroatoms. The molecule has 1 aliphatic rings. The van der Waals surface area contributed by atoms with Crippen molar-refractivity contribution < 1.29 is 9.47 Å². The third-order valence-corrected chi connectivity index (χ3v) is 2.86. The predicted molar refractivity (Wildman–Crippen MR) is 68.9 cm³/mol. The van der Waals surface area contributed by atoms with E-state index in [1.54, 1.807) is 19.4 Å².